The number of nitrogens with one attached hydrogen (secondary N) is 2. The SMILES string of the molecule is C=c1[nH]cc(C(=O)c2c(F)ccc(NS(=O)(=O)c3cc(C(=O)OC)c(C)o3)c2F)/c1=C/C=C\N. The fourth-order valence-corrected chi connectivity index (χ4v) is 4.13. The predicted octanol–water partition coefficient (Wildman–Crippen LogP) is 1.68. The molecule has 0 atom stereocenters. The Morgan fingerprint density at radius 2 is 1.97 bits per heavy atom. The minimum absolute atomic E-state index is 0.0468. The number of methoxy groups -OCH3 is 1. The van der Waals surface area contributed by atoms with Crippen LogP contribution in [-0.4, -0.2) is 32.3 Å². The van der Waals surface area contributed by atoms with Crippen LogP contribution in [0, 0.1) is 18.6 Å². The number of aromatic amines is 1. The van der Waals surface area contributed by atoms with Gasteiger partial charge in [-0.3, -0.25) is 9.52 Å². The molecule has 0 bridgehead atoms. The maximum absolute atomic E-state index is 15.2. The summed E-state index contributed by atoms with van der Waals surface area (Å²) >= 11 is 0. The van der Waals surface area contributed by atoms with Crippen molar-refractivity contribution in [1.82, 2.24) is 4.98 Å². The van der Waals surface area contributed by atoms with Gasteiger partial charge in [-0.2, -0.15) is 8.42 Å². The van der Waals surface area contributed by atoms with E-state index in [0.29, 0.717) is 5.35 Å². The first kappa shape index (κ1) is 24.5. The number of allylic oxidation sites excluding steroid dienone is 1. The zero-order chi connectivity index (χ0) is 25.2. The number of aromatic nitrogens is 1. The normalized spacial score (nSPS) is 12.3. The molecule has 0 unspecified atom stereocenters. The van der Waals surface area contributed by atoms with E-state index in [4.69, 9.17) is 10.2 Å². The van der Waals surface area contributed by atoms with Gasteiger partial charge < -0.3 is 19.9 Å². The molecule has 178 valence electrons. The van der Waals surface area contributed by atoms with Crippen LogP contribution in [0.2, 0.25) is 0 Å². The second-order valence-corrected chi connectivity index (χ2v) is 8.50. The second-order valence-electron chi connectivity index (χ2n) is 6.89. The number of carbonyl (C=O) groups is 2. The van der Waals surface area contributed by atoms with Crippen LogP contribution in [0.25, 0.3) is 12.7 Å². The number of hydrogen-bond donors (Lipinski definition) is 3. The van der Waals surface area contributed by atoms with Crippen molar-refractivity contribution in [1.29, 1.82) is 0 Å². The van der Waals surface area contributed by atoms with E-state index in [1.165, 1.54) is 31.5 Å². The van der Waals surface area contributed by atoms with Crippen molar-refractivity contribution in [2.24, 2.45) is 5.73 Å². The van der Waals surface area contributed by atoms with E-state index in [0.717, 1.165) is 25.3 Å². The molecule has 3 rings (SSSR count). The molecule has 0 saturated heterocycles. The van der Waals surface area contributed by atoms with Crippen LogP contribution in [0.3, 0.4) is 0 Å². The molecule has 0 spiro atoms. The highest BCUT2D eigenvalue weighted by Gasteiger charge is 2.28. The smallest absolute Gasteiger partial charge is 0.341 e. The van der Waals surface area contributed by atoms with Gasteiger partial charge in [0.05, 0.1) is 18.4 Å². The van der Waals surface area contributed by atoms with E-state index in [9.17, 15) is 22.4 Å². The van der Waals surface area contributed by atoms with Crippen LogP contribution in [0.1, 0.15) is 32.0 Å². The van der Waals surface area contributed by atoms with Gasteiger partial charge in [-0.1, -0.05) is 12.7 Å². The Morgan fingerprint density at radius 3 is 2.62 bits per heavy atom. The van der Waals surface area contributed by atoms with Gasteiger partial charge >= 0.3 is 5.97 Å². The minimum Gasteiger partial charge on any atom is -0.465 e. The molecule has 0 aliphatic heterocycles. The molecule has 0 amide bonds. The molecule has 1 aromatic carbocycles. The van der Waals surface area contributed by atoms with Crippen molar-refractivity contribution in [2.75, 3.05) is 11.8 Å². The van der Waals surface area contributed by atoms with Gasteiger partial charge in [0.15, 0.2) is 5.82 Å². The summed E-state index contributed by atoms with van der Waals surface area (Å²) in [5, 5.41) is -0.161. The number of ether oxygens (including phenoxy) is 1. The molecule has 2 aromatic heterocycles. The second kappa shape index (κ2) is 9.35. The average Bonchev–Trinajstić information content (AvgIpc) is 3.36. The first-order valence-corrected chi connectivity index (χ1v) is 11.0. The first-order chi connectivity index (χ1) is 16.0. The molecule has 9 nitrogen and oxygen atoms in total. The molecule has 2 heterocycles. The van der Waals surface area contributed by atoms with Gasteiger partial charge in [-0.15, -0.1) is 0 Å². The minimum atomic E-state index is -4.56. The molecule has 0 radical (unpaired) electrons. The third-order valence-corrected chi connectivity index (χ3v) is 5.97. The van der Waals surface area contributed by atoms with Crippen molar-refractivity contribution < 1.29 is 35.9 Å². The van der Waals surface area contributed by atoms with Crippen LogP contribution in [-0.2, 0) is 14.8 Å². The highest BCUT2D eigenvalue weighted by atomic mass is 32.2. The third kappa shape index (κ3) is 4.48. The molecule has 0 fully saturated rings. The summed E-state index contributed by atoms with van der Waals surface area (Å²) in [6, 6.07) is 2.45. The Bertz CT molecular complexity index is 1540. The van der Waals surface area contributed by atoms with Gasteiger partial charge in [0.25, 0.3) is 10.0 Å². The predicted molar refractivity (Wildman–Crippen MR) is 119 cm³/mol. The molecule has 34 heavy (non-hydrogen) atoms. The number of sulfonamides is 1. The summed E-state index contributed by atoms with van der Waals surface area (Å²) < 4.78 is 66.7. The van der Waals surface area contributed by atoms with Crippen LogP contribution < -0.4 is 21.0 Å². The number of rotatable bonds is 7. The Labute approximate surface area is 192 Å². The molecule has 0 aliphatic carbocycles. The van der Waals surface area contributed by atoms with E-state index in [1.807, 2.05) is 4.72 Å². The van der Waals surface area contributed by atoms with Crippen LogP contribution >= 0.6 is 0 Å². The van der Waals surface area contributed by atoms with E-state index < -0.39 is 49.8 Å². The average molecular weight is 491 g/mol. The van der Waals surface area contributed by atoms with Gasteiger partial charge in [-0.25, -0.2) is 13.6 Å². The van der Waals surface area contributed by atoms with Crippen LogP contribution in [0.4, 0.5) is 14.5 Å². The van der Waals surface area contributed by atoms with Crippen LogP contribution in [0.5, 0.6) is 0 Å². The van der Waals surface area contributed by atoms with E-state index >= 15 is 4.39 Å². The molecule has 0 saturated carbocycles. The zero-order valence-corrected chi connectivity index (χ0v) is 18.8. The van der Waals surface area contributed by atoms with Crippen molar-refractivity contribution in [2.45, 2.75) is 12.0 Å². The molecule has 0 aliphatic rings. The molecule has 4 N–H and O–H groups in total. The van der Waals surface area contributed by atoms with E-state index in [1.54, 1.807) is 0 Å². The zero-order valence-electron chi connectivity index (χ0n) is 17.9. The maximum Gasteiger partial charge on any atom is 0.341 e. The van der Waals surface area contributed by atoms with Crippen molar-refractivity contribution >= 4 is 40.1 Å². The maximum atomic E-state index is 15.2. The van der Waals surface area contributed by atoms with Gasteiger partial charge in [0, 0.05) is 28.4 Å². The Balaban J connectivity index is 2.06. The molecule has 3 aromatic rings. The monoisotopic (exact) mass is 491 g/mol. The molecule has 12 heteroatoms. The van der Waals surface area contributed by atoms with E-state index in [-0.39, 0.29) is 22.1 Å². The topological polar surface area (TPSA) is 144 Å². The first-order valence-electron chi connectivity index (χ1n) is 9.51. The quantitative estimate of drug-likeness (QED) is 0.337. The fourth-order valence-electron chi connectivity index (χ4n) is 3.08. The standard InChI is InChI=1S/C22H19F2N3O6S/c1-11-13(5-4-8-25)15(10-26-11)21(28)19-16(23)6-7-17(20(19)24)27-34(30,31)18-9-14(12(2)33-18)22(29)32-3/h4-10,26-27H,1,25H2,2-3H3/b8-4-,13-5+. The van der Waals surface area contributed by atoms with Crippen molar-refractivity contribution in [3.63, 3.8) is 0 Å². The number of hydrogen-bond acceptors (Lipinski definition) is 7. The van der Waals surface area contributed by atoms with Gasteiger partial charge in [0.2, 0.25) is 10.9 Å². The summed E-state index contributed by atoms with van der Waals surface area (Å²) in [5.74, 6) is -4.59. The van der Waals surface area contributed by atoms with Gasteiger partial charge in [0.1, 0.15) is 17.1 Å². The number of H-pyrrole nitrogens is 1. The number of aryl methyl sites for hydroxylation is 1. The number of anilines is 1. The number of halogens is 2. The molecular formula is C22H19F2N3O6S. The number of ketones is 1. The Morgan fingerprint density at radius 1 is 1.26 bits per heavy atom. The summed E-state index contributed by atoms with van der Waals surface area (Å²) in [5.41, 5.74) is 3.34. The number of furan rings is 1. The molecular weight excluding hydrogens is 472 g/mol. The number of benzene rings is 1. The highest BCUT2D eigenvalue weighted by molar-refractivity contribution is 7.92. The largest absolute Gasteiger partial charge is 0.465 e. The Kier molecular flexibility index (Phi) is 6.73. The van der Waals surface area contributed by atoms with Crippen LogP contribution in [0.15, 0.2) is 46.2 Å². The Hall–Kier alpha value is -4.19. The third-order valence-electron chi connectivity index (χ3n) is 4.75. The highest BCUT2D eigenvalue weighted by Crippen LogP contribution is 2.27. The van der Waals surface area contributed by atoms with Crippen molar-refractivity contribution in [3.05, 3.63) is 81.3 Å². The van der Waals surface area contributed by atoms with E-state index in [2.05, 4.69) is 16.3 Å². The summed E-state index contributed by atoms with van der Waals surface area (Å²) in [6.45, 7) is 5.04. The lowest BCUT2D eigenvalue weighted by Gasteiger charge is -2.10. The number of esters is 1. The lowest BCUT2D eigenvalue weighted by atomic mass is 10.0. The lowest BCUT2D eigenvalue weighted by molar-refractivity contribution is 0.0598. The summed E-state index contributed by atoms with van der Waals surface area (Å²) in [4.78, 5) is 27.4. The summed E-state index contributed by atoms with van der Waals surface area (Å²) in [7, 11) is -3.46. The lowest BCUT2D eigenvalue weighted by Crippen LogP contribution is -2.26. The fraction of sp³-hybridized carbons (Fsp3) is 0.0909. The van der Waals surface area contributed by atoms with Gasteiger partial charge in [-0.05, 0) is 31.3 Å². The number of carbonyl (C=O) groups excluding carboxylic acids is 2. The number of nitrogens with two attached hydrogens (primary N) is 1. The van der Waals surface area contributed by atoms with Crippen molar-refractivity contribution in [3.8, 4) is 0 Å². The summed E-state index contributed by atoms with van der Waals surface area (Å²) in [6.07, 6.45) is 5.24.